The standard InChI is InChI=1S/C16H19ClN2O5/c1-16(2,3)24-13(20)9-12(14(17)19-22)18-15(21)23-10-11-7-5-4-6-8-11/h4-9,22H,10H2,1-3H3,(H,18,21). The molecule has 0 aliphatic rings. The number of rotatable bonds is 5. The molecule has 0 spiro atoms. The molecule has 0 aromatic heterocycles. The molecule has 7 nitrogen and oxygen atoms in total. The van der Waals surface area contributed by atoms with Gasteiger partial charge >= 0.3 is 12.1 Å². The first-order valence-electron chi connectivity index (χ1n) is 7.01. The first-order chi connectivity index (χ1) is 11.2. The predicted molar refractivity (Wildman–Crippen MR) is 88.8 cm³/mol. The average Bonchev–Trinajstić information content (AvgIpc) is 2.50. The summed E-state index contributed by atoms with van der Waals surface area (Å²) in [7, 11) is 0. The Morgan fingerprint density at radius 2 is 1.92 bits per heavy atom. The van der Waals surface area contributed by atoms with Gasteiger partial charge in [0.25, 0.3) is 0 Å². The number of hydrogen-bond acceptors (Lipinski definition) is 6. The van der Waals surface area contributed by atoms with Gasteiger partial charge in [0.15, 0.2) is 5.17 Å². The number of ether oxygens (including phenoxy) is 2. The molecule has 0 unspecified atom stereocenters. The van der Waals surface area contributed by atoms with Gasteiger partial charge in [-0.2, -0.15) is 0 Å². The fourth-order valence-electron chi connectivity index (χ4n) is 1.52. The molecule has 2 N–H and O–H groups in total. The third-order valence-electron chi connectivity index (χ3n) is 2.43. The van der Waals surface area contributed by atoms with Crippen LogP contribution < -0.4 is 5.32 Å². The minimum absolute atomic E-state index is 0.0281. The Kier molecular flexibility index (Phi) is 7.26. The van der Waals surface area contributed by atoms with Gasteiger partial charge in [0.05, 0.1) is 11.8 Å². The molecule has 0 atom stereocenters. The van der Waals surface area contributed by atoms with Crippen molar-refractivity contribution in [3.05, 3.63) is 47.7 Å². The highest BCUT2D eigenvalue weighted by molar-refractivity contribution is 6.69. The Morgan fingerprint density at radius 1 is 1.29 bits per heavy atom. The molecule has 0 saturated heterocycles. The van der Waals surface area contributed by atoms with Crippen molar-refractivity contribution in [3.8, 4) is 0 Å². The second-order valence-electron chi connectivity index (χ2n) is 5.67. The number of alkyl carbamates (subject to hydrolysis) is 1. The van der Waals surface area contributed by atoms with Crippen LogP contribution in [0.3, 0.4) is 0 Å². The summed E-state index contributed by atoms with van der Waals surface area (Å²) >= 11 is 5.66. The lowest BCUT2D eigenvalue weighted by Gasteiger charge is -2.18. The number of halogens is 1. The second kappa shape index (κ2) is 8.93. The zero-order valence-corrected chi connectivity index (χ0v) is 14.3. The van der Waals surface area contributed by atoms with Crippen molar-refractivity contribution in [2.45, 2.75) is 33.0 Å². The second-order valence-corrected chi connectivity index (χ2v) is 6.03. The fraction of sp³-hybridized carbons (Fsp3) is 0.312. The Balaban J connectivity index is 2.72. The van der Waals surface area contributed by atoms with E-state index in [0.717, 1.165) is 11.6 Å². The van der Waals surface area contributed by atoms with Gasteiger partial charge in [-0.3, -0.25) is 5.32 Å². The maximum Gasteiger partial charge on any atom is 0.412 e. The van der Waals surface area contributed by atoms with E-state index in [2.05, 4.69) is 10.5 Å². The Hall–Kier alpha value is -2.54. The van der Waals surface area contributed by atoms with E-state index in [1.165, 1.54) is 0 Å². The van der Waals surface area contributed by atoms with Crippen molar-refractivity contribution in [2.75, 3.05) is 0 Å². The quantitative estimate of drug-likeness (QED) is 0.278. The van der Waals surface area contributed by atoms with Gasteiger partial charge in [-0.1, -0.05) is 47.1 Å². The smallest absolute Gasteiger partial charge is 0.412 e. The van der Waals surface area contributed by atoms with E-state index in [1.807, 2.05) is 6.07 Å². The van der Waals surface area contributed by atoms with Gasteiger partial charge in [0, 0.05) is 0 Å². The summed E-state index contributed by atoms with van der Waals surface area (Å²) in [4.78, 5) is 23.6. The van der Waals surface area contributed by atoms with Crippen molar-refractivity contribution in [3.63, 3.8) is 0 Å². The molecule has 1 aromatic rings. The van der Waals surface area contributed by atoms with Crippen LogP contribution in [0.1, 0.15) is 26.3 Å². The third-order valence-corrected chi connectivity index (χ3v) is 2.71. The summed E-state index contributed by atoms with van der Waals surface area (Å²) in [6, 6.07) is 9.02. The number of benzene rings is 1. The average molecular weight is 355 g/mol. The number of oxime groups is 1. The zero-order chi connectivity index (χ0) is 18.2. The zero-order valence-electron chi connectivity index (χ0n) is 13.6. The Labute approximate surface area is 144 Å². The fourth-order valence-corrected chi connectivity index (χ4v) is 1.62. The van der Waals surface area contributed by atoms with Crippen LogP contribution in [0.25, 0.3) is 0 Å². The number of nitrogens with one attached hydrogen (secondary N) is 1. The Bertz CT molecular complexity index is 636. The topological polar surface area (TPSA) is 97.2 Å². The van der Waals surface area contributed by atoms with E-state index >= 15 is 0 Å². The molecule has 1 amide bonds. The molecule has 8 heteroatoms. The normalized spacial score (nSPS) is 12.5. The number of hydrogen-bond donors (Lipinski definition) is 2. The maximum atomic E-state index is 11.8. The van der Waals surface area contributed by atoms with Crippen LogP contribution in [0.2, 0.25) is 0 Å². The maximum absolute atomic E-state index is 11.8. The largest absolute Gasteiger partial charge is 0.457 e. The summed E-state index contributed by atoms with van der Waals surface area (Å²) in [5.74, 6) is -0.761. The lowest BCUT2D eigenvalue weighted by atomic mass is 10.2. The number of carbonyl (C=O) groups excluding carboxylic acids is 2. The van der Waals surface area contributed by atoms with Gasteiger partial charge in [-0.25, -0.2) is 9.59 Å². The molecule has 1 aromatic carbocycles. The van der Waals surface area contributed by atoms with E-state index in [9.17, 15) is 9.59 Å². The van der Waals surface area contributed by atoms with Crippen molar-refractivity contribution < 1.29 is 24.3 Å². The molecular formula is C16H19ClN2O5. The first kappa shape index (κ1) is 19.5. The van der Waals surface area contributed by atoms with Crippen LogP contribution in [0, 0.1) is 0 Å². The van der Waals surface area contributed by atoms with E-state index in [0.29, 0.717) is 0 Å². The lowest BCUT2D eigenvalue weighted by Crippen LogP contribution is -2.29. The molecule has 0 saturated carbocycles. The van der Waals surface area contributed by atoms with Crippen LogP contribution in [0.5, 0.6) is 0 Å². The number of allylic oxidation sites excluding steroid dienone is 1. The van der Waals surface area contributed by atoms with Crippen molar-refractivity contribution in [2.24, 2.45) is 5.16 Å². The molecule has 0 heterocycles. The predicted octanol–water partition coefficient (Wildman–Crippen LogP) is 3.16. The highest BCUT2D eigenvalue weighted by Crippen LogP contribution is 2.09. The monoisotopic (exact) mass is 354 g/mol. The molecule has 0 aliphatic heterocycles. The van der Waals surface area contributed by atoms with Crippen molar-refractivity contribution in [1.29, 1.82) is 0 Å². The minimum Gasteiger partial charge on any atom is -0.457 e. The molecule has 0 radical (unpaired) electrons. The summed E-state index contributed by atoms with van der Waals surface area (Å²) in [6.45, 7) is 5.07. The SMILES string of the molecule is CC(C)(C)OC(=O)C=C(NC(=O)OCc1ccccc1)C(Cl)=NO. The molecule has 0 bridgehead atoms. The molecule has 0 fully saturated rings. The molecule has 130 valence electrons. The number of carbonyl (C=O) groups is 2. The lowest BCUT2D eigenvalue weighted by molar-refractivity contribution is -0.148. The molecular weight excluding hydrogens is 336 g/mol. The van der Waals surface area contributed by atoms with Crippen LogP contribution in [-0.4, -0.2) is 28.0 Å². The molecule has 0 aliphatic carbocycles. The van der Waals surface area contributed by atoms with Crippen LogP contribution in [0.15, 0.2) is 47.3 Å². The van der Waals surface area contributed by atoms with Crippen molar-refractivity contribution in [1.82, 2.24) is 5.32 Å². The van der Waals surface area contributed by atoms with Gasteiger partial charge in [-0.05, 0) is 26.3 Å². The first-order valence-corrected chi connectivity index (χ1v) is 7.39. The number of nitrogens with zero attached hydrogens (tertiary/aromatic N) is 1. The number of amides is 1. The number of esters is 1. The summed E-state index contributed by atoms with van der Waals surface area (Å²) in [5, 5.41) is 13.2. The van der Waals surface area contributed by atoms with E-state index in [-0.39, 0.29) is 12.3 Å². The van der Waals surface area contributed by atoms with E-state index in [4.69, 9.17) is 26.3 Å². The highest BCUT2D eigenvalue weighted by atomic mass is 35.5. The van der Waals surface area contributed by atoms with Gasteiger partial charge in [0.1, 0.15) is 12.2 Å². The third kappa shape index (κ3) is 7.64. The Morgan fingerprint density at radius 3 is 2.46 bits per heavy atom. The van der Waals surface area contributed by atoms with Crippen molar-refractivity contribution >= 4 is 28.8 Å². The van der Waals surface area contributed by atoms with E-state index in [1.54, 1.807) is 45.0 Å². The van der Waals surface area contributed by atoms with E-state index < -0.39 is 22.8 Å². The van der Waals surface area contributed by atoms with Crippen LogP contribution in [-0.2, 0) is 20.9 Å². The van der Waals surface area contributed by atoms with Gasteiger partial charge < -0.3 is 14.7 Å². The summed E-state index contributed by atoms with van der Waals surface area (Å²) in [6.07, 6.45) is 0.0346. The summed E-state index contributed by atoms with van der Waals surface area (Å²) < 4.78 is 10.1. The van der Waals surface area contributed by atoms with Gasteiger partial charge in [-0.15, -0.1) is 0 Å². The minimum atomic E-state index is -0.865. The summed E-state index contributed by atoms with van der Waals surface area (Å²) in [5.41, 5.74) is -0.186. The molecule has 24 heavy (non-hydrogen) atoms. The van der Waals surface area contributed by atoms with Gasteiger partial charge in [0.2, 0.25) is 0 Å². The van der Waals surface area contributed by atoms with Crippen LogP contribution >= 0.6 is 11.6 Å². The van der Waals surface area contributed by atoms with Crippen LogP contribution in [0.4, 0.5) is 4.79 Å². The highest BCUT2D eigenvalue weighted by Gasteiger charge is 2.18. The molecule has 1 rings (SSSR count).